The summed E-state index contributed by atoms with van der Waals surface area (Å²) >= 11 is 0. The summed E-state index contributed by atoms with van der Waals surface area (Å²) in [5.41, 5.74) is 0.589. The zero-order chi connectivity index (χ0) is 16.4. The number of furan rings is 1. The van der Waals surface area contributed by atoms with Gasteiger partial charge in [0, 0.05) is 25.1 Å². The lowest BCUT2D eigenvalue weighted by atomic mass is 9.95. The van der Waals surface area contributed by atoms with Gasteiger partial charge in [0.05, 0.1) is 11.8 Å². The molecule has 3 rings (SSSR count). The van der Waals surface area contributed by atoms with Crippen molar-refractivity contribution in [2.24, 2.45) is 5.92 Å². The third-order valence-corrected chi connectivity index (χ3v) is 4.12. The van der Waals surface area contributed by atoms with Gasteiger partial charge in [-0.05, 0) is 32.8 Å². The van der Waals surface area contributed by atoms with Crippen LogP contribution in [0.15, 0.2) is 27.3 Å². The summed E-state index contributed by atoms with van der Waals surface area (Å²) in [6.45, 7) is 4.65. The SMILES string of the molecule is Cc1cc(NC(=O)C2CCN(C(=O)c3ccoc3C)CC2)no1. The van der Waals surface area contributed by atoms with Gasteiger partial charge in [-0.2, -0.15) is 0 Å². The van der Waals surface area contributed by atoms with Crippen LogP contribution in [0, 0.1) is 19.8 Å². The number of nitrogens with zero attached hydrogens (tertiary/aromatic N) is 2. The van der Waals surface area contributed by atoms with Crippen LogP contribution in [0.4, 0.5) is 5.82 Å². The lowest BCUT2D eigenvalue weighted by molar-refractivity contribution is -0.121. The van der Waals surface area contributed by atoms with Gasteiger partial charge in [-0.15, -0.1) is 0 Å². The van der Waals surface area contributed by atoms with Crippen molar-refractivity contribution in [2.45, 2.75) is 26.7 Å². The largest absolute Gasteiger partial charge is 0.469 e. The van der Waals surface area contributed by atoms with Gasteiger partial charge >= 0.3 is 0 Å². The lowest BCUT2D eigenvalue weighted by Gasteiger charge is -2.31. The van der Waals surface area contributed by atoms with Gasteiger partial charge in [-0.25, -0.2) is 0 Å². The first kappa shape index (κ1) is 15.3. The first-order valence-electron chi connectivity index (χ1n) is 7.62. The molecule has 0 aliphatic carbocycles. The standard InChI is InChI=1S/C16H19N3O4/c1-10-9-14(18-23-10)17-15(20)12-3-6-19(7-4-12)16(21)13-5-8-22-11(13)2/h5,8-9,12H,3-4,6-7H2,1-2H3,(H,17,18,20). The van der Waals surface area contributed by atoms with E-state index < -0.39 is 0 Å². The molecule has 7 heteroatoms. The van der Waals surface area contributed by atoms with E-state index >= 15 is 0 Å². The molecule has 0 radical (unpaired) electrons. The van der Waals surface area contributed by atoms with E-state index in [0.29, 0.717) is 48.8 Å². The fourth-order valence-corrected chi connectivity index (χ4v) is 2.78. The first-order valence-corrected chi connectivity index (χ1v) is 7.62. The van der Waals surface area contributed by atoms with Gasteiger partial charge in [0.2, 0.25) is 5.91 Å². The maximum absolute atomic E-state index is 12.4. The monoisotopic (exact) mass is 317 g/mol. The van der Waals surface area contributed by atoms with Gasteiger partial charge in [0.1, 0.15) is 11.5 Å². The van der Waals surface area contributed by atoms with Crippen LogP contribution in [0.5, 0.6) is 0 Å². The summed E-state index contributed by atoms with van der Waals surface area (Å²) in [4.78, 5) is 26.4. The summed E-state index contributed by atoms with van der Waals surface area (Å²) in [5, 5.41) is 6.51. The third-order valence-electron chi connectivity index (χ3n) is 4.12. The fraction of sp³-hybridized carbons (Fsp3) is 0.438. The second-order valence-corrected chi connectivity index (χ2v) is 5.77. The zero-order valence-electron chi connectivity index (χ0n) is 13.2. The number of nitrogens with one attached hydrogen (secondary N) is 1. The molecular weight excluding hydrogens is 298 g/mol. The van der Waals surface area contributed by atoms with Crippen LogP contribution < -0.4 is 5.32 Å². The molecule has 0 bridgehead atoms. The van der Waals surface area contributed by atoms with Gasteiger partial charge in [0.25, 0.3) is 5.91 Å². The number of carbonyl (C=O) groups excluding carboxylic acids is 2. The number of aromatic nitrogens is 1. The minimum atomic E-state index is -0.124. The highest BCUT2D eigenvalue weighted by Gasteiger charge is 2.29. The fourth-order valence-electron chi connectivity index (χ4n) is 2.78. The summed E-state index contributed by atoms with van der Waals surface area (Å²) in [5.74, 6) is 1.46. The Morgan fingerprint density at radius 2 is 2.04 bits per heavy atom. The summed E-state index contributed by atoms with van der Waals surface area (Å²) in [6, 6.07) is 3.36. The molecule has 2 aromatic rings. The Bertz CT molecular complexity index is 710. The van der Waals surface area contributed by atoms with E-state index in [0.717, 1.165) is 0 Å². The predicted molar refractivity (Wildman–Crippen MR) is 81.9 cm³/mol. The third kappa shape index (κ3) is 3.28. The van der Waals surface area contributed by atoms with E-state index in [4.69, 9.17) is 8.94 Å². The predicted octanol–water partition coefficient (Wildman–Crippen LogP) is 2.38. The molecule has 1 fully saturated rings. The highest BCUT2D eigenvalue weighted by Crippen LogP contribution is 2.22. The Kier molecular flexibility index (Phi) is 4.18. The number of carbonyl (C=O) groups is 2. The second kappa shape index (κ2) is 6.28. The van der Waals surface area contributed by atoms with Crippen molar-refractivity contribution in [1.82, 2.24) is 10.1 Å². The molecule has 0 aromatic carbocycles. The summed E-state index contributed by atoms with van der Waals surface area (Å²) in [7, 11) is 0. The molecule has 1 aliphatic rings. The second-order valence-electron chi connectivity index (χ2n) is 5.77. The number of piperidine rings is 1. The molecule has 122 valence electrons. The van der Waals surface area contributed by atoms with Crippen LogP contribution in [0.1, 0.15) is 34.7 Å². The van der Waals surface area contributed by atoms with Crippen molar-refractivity contribution < 1.29 is 18.5 Å². The number of hydrogen-bond acceptors (Lipinski definition) is 5. The van der Waals surface area contributed by atoms with Gasteiger partial charge in [-0.3, -0.25) is 9.59 Å². The molecule has 1 N–H and O–H groups in total. The minimum Gasteiger partial charge on any atom is -0.469 e. The Hall–Kier alpha value is -2.57. The molecule has 1 aliphatic heterocycles. The molecule has 3 heterocycles. The Labute approximate surface area is 133 Å². The molecule has 0 atom stereocenters. The molecule has 23 heavy (non-hydrogen) atoms. The summed E-state index contributed by atoms with van der Waals surface area (Å²) < 4.78 is 10.1. The van der Waals surface area contributed by atoms with Gasteiger partial charge in [0.15, 0.2) is 5.82 Å². The van der Waals surface area contributed by atoms with E-state index in [2.05, 4.69) is 10.5 Å². The molecule has 0 saturated carbocycles. The van der Waals surface area contributed by atoms with E-state index in [-0.39, 0.29) is 17.7 Å². The normalized spacial score (nSPS) is 15.7. The van der Waals surface area contributed by atoms with E-state index in [1.54, 1.807) is 30.9 Å². The average Bonchev–Trinajstić information content (AvgIpc) is 3.15. The summed E-state index contributed by atoms with van der Waals surface area (Å²) in [6.07, 6.45) is 2.78. The van der Waals surface area contributed by atoms with Crippen LogP contribution in [0.3, 0.4) is 0 Å². The molecule has 1 saturated heterocycles. The molecule has 2 amide bonds. The van der Waals surface area contributed by atoms with Gasteiger partial charge in [-0.1, -0.05) is 5.16 Å². The maximum Gasteiger partial charge on any atom is 0.257 e. The first-order chi connectivity index (χ1) is 11.0. The zero-order valence-corrected chi connectivity index (χ0v) is 13.2. The highest BCUT2D eigenvalue weighted by atomic mass is 16.5. The van der Waals surface area contributed by atoms with Crippen LogP contribution in [-0.4, -0.2) is 35.0 Å². The van der Waals surface area contributed by atoms with Crippen LogP contribution in [0.25, 0.3) is 0 Å². The number of anilines is 1. The van der Waals surface area contributed by atoms with Crippen LogP contribution in [-0.2, 0) is 4.79 Å². The molecule has 0 unspecified atom stereocenters. The van der Waals surface area contributed by atoms with Crippen molar-refractivity contribution in [3.8, 4) is 0 Å². The van der Waals surface area contributed by atoms with E-state index in [1.165, 1.54) is 6.26 Å². The van der Waals surface area contributed by atoms with Crippen molar-refractivity contribution in [2.75, 3.05) is 18.4 Å². The number of hydrogen-bond donors (Lipinski definition) is 1. The highest BCUT2D eigenvalue weighted by molar-refractivity contribution is 5.95. The molecule has 0 spiro atoms. The Morgan fingerprint density at radius 1 is 1.30 bits per heavy atom. The molecule has 7 nitrogen and oxygen atoms in total. The van der Waals surface area contributed by atoms with Crippen molar-refractivity contribution in [1.29, 1.82) is 0 Å². The number of amides is 2. The quantitative estimate of drug-likeness (QED) is 0.939. The Morgan fingerprint density at radius 3 is 2.61 bits per heavy atom. The minimum absolute atomic E-state index is 0.0396. The number of rotatable bonds is 3. The van der Waals surface area contributed by atoms with E-state index in [1.807, 2.05) is 0 Å². The van der Waals surface area contributed by atoms with Crippen molar-refractivity contribution in [3.63, 3.8) is 0 Å². The van der Waals surface area contributed by atoms with Gasteiger partial charge < -0.3 is 19.2 Å². The number of aryl methyl sites for hydroxylation is 2. The lowest BCUT2D eigenvalue weighted by Crippen LogP contribution is -2.41. The topological polar surface area (TPSA) is 88.6 Å². The van der Waals surface area contributed by atoms with Crippen LogP contribution in [0.2, 0.25) is 0 Å². The molecule has 2 aromatic heterocycles. The Balaban J connectivity index is 1.55. The van der Waals surface area contributed by atoms with Crippen molar-refractivity contribution >= 4 is 17.6 Å². The number of likely N-dealkylation sites (tertiary alicyclic amines) is 1. The smallest absolute Gasteiger partial charge is 0.257 e. The average molecular weight is 317 g/mol. The van der Waals surface area contributed by atoms with Crippen LogP contribution >= 0.6 is 0 Å². The maximum atomic E-state index is 12.4. The van der Waals surface area contributed by atoms with Crippen molar-refractivity contribution in [3.05, 3.63) is 35.5 Å². The molecular formula is C16H19N3O4. The van der Waals surface area contributed by atoms with E-state index in [9.17, 15) is 9.59 Å².